The van der Waals surface area contributed by atoms with E-state index >= 15 is 0 Å². The lowest BCUT2D eigenvalue weighted by atomic mass is 9.63. The average Bonchev–Trinajstić information content (AvgIpc) is 3.01. The number of hydrogen-bond donors (Lipinski definition) is 0. The van der Waals surface area contributed by atoms with E-state index in [9.17, 15) is 9.59 Å². The molecule has 2 aromatic carbocycles. The van der Waals surface area contributed by atoms with Crippen LogP contribution in [0.4, 0.5) is 17.1 Å². The number of hydrogen-bond acceptors (Lipinski definition) is 4. The Morgan fingerprint density at radius 1 is 0.704 bits per heavy atom. The Balaban J connectivity index is 1.39. The molecule has 5 nitrogen and oxygen atoms in total. The second-order valence-corrected chi connectivity index (χ2v) is 7.41. The highest BCUT2D eigenvalue weighted by atomic mass is 16.2. The minimum absolute atomic E-state index is 0.0530. The summed E-state index contributed by atoms with van der Waals surface area (Å²) in [5.74, 6) is -0.0522. The van der Waals surface area contributed by atoms with Gasteiger partial charge < -0.3 is 0 Å². The van der Waals surface area contributed by atoms with Gasteiger partial charge in [0, 0.05) is 0 Å². The van der Waals surface area contributed by atoms with Crippen LogP contribution in [0.3, 0.4) is 0 Å². The van der Waals surface area contributed by atoms with Gasteiger partial charge in [0.05, 0.1) is 28.9 Å². The molecular weight excluding hydrogens is 338 g/mol. The van der Waals surface area contributed by atoms with Gasteiger partial charge in [-0.3, -0.25) is 14.5 Å². The molecule has 4 atom stereocenters. The molecule has 2 fully saturated rings. The summed E-state index contributed by atoms with van der Waals surface area (Å²) in [5.41, 5.74) is 2.08. The van der Waals surface area contributed by atoms with Gasteiger partial charge >= 0.3 is 0 Å². The second kappa shape index (κ2) is 6.27. The highest BCUT2D eigenvalue weighted by Gasteiger charge is 2.56. The molecule has 0 radical (unpaired) electrons. The molecular formula is C22H19N3O2. The number of benzene rings is 2. The van der Waals surface area contributed by atoms with E-state index in [1.807, 2.05) is 30.3 Å². The Bertz CT molecular complexity index is 917. The first-order valence-electron chi connectivity index (χ1n) is 9.35. The van der Waals surface area contributed by atoms with Crippen LogP contribution in [0.1, 0.15) is 12.8 Å². The van der Waals surface area contributed by atoms with E-state index in [4.69, 9.17) is 0 Å². The zero-order chi connectivity index (χ0) is 18.4. The van der Waals surface area contributed by atoms with Crippen LogP contribution in [0.2, 0.25) is 0 Å². The van der Waals surface area contributed by atoms with Gasteiger partial charge in [0.1, 0.15) is 0 Å². The highest BCUT2D eigenvalue weighted by Crippen LogP contribution is 2.50. The number of rotatable bonds is 3. The number of azo groups is 1. The van der Waals surface area contributed by atoms with Gasteiger partial charge in [0.15, 0.2) is 0 Å². The number of fused-ring (bicyclic) bond motifs is 1. The predicted molar refractivity (Wildman–Crippen MR) is 102 cm³/mol. The quantitative estimate of drug-likeness (QED) is 0.450. The molecule has 5 heteroatoms. The summed E-state index contributed by atoms with van der Waals surface area (Å²) < 4.78 is 0. The van der Waals surface area contributed by atoms with Crippen LogP contribution in [0.5, 0.6) is 0 Å². The molecule has 2 bridgehead atoms. The normalized spacial score (nSPS) is 29.0. The third kappa shape index (κ3) is 2.62. The zero-order valence-electron chi connectivity index (χ0n) is 14.7. The summed E-state index contributed by atoms with van der Waals surface area (Å²) >= 11 is 0. The van der Waals surface area contributed by atoms with E-state index in [2.05, 4.69) is 22.4 Å². The highest BCUT2D eigenvalue weighted by molar-refractivity contribution is 6.22. The summed E-state index contributed by atoms with van der Waals surface area (Å²) in [6.07, 6.45) is 6.29. The maximum Gasteiger partial charge on any atom is 0.238 e. The Kier molecular flexibility index (Phi) is 3.74. The molecule has 0 spiro atoms. The van der Waals surface area contributed by atoms with Gasteiger partial charge in [0.2, 0.25) is 11.8 Å². The lowest BCUT2D eigenvalue weighted by molar-refractivity contribution is -0.124. The van der Waals surface area contributed by atoms with E-state index < -0.39 is 0 Å². The molecule has 4 aliphatic rings. The molecule has 2 aromatic rings. The summed E-state index contributed by atoms with van der Waals surface area (Å²) in [5, 5.41) is 8.41. The van der Waals surface area contributed by atoms with Crippen LogP contribution in [-0.4, -0.2) is 11.8 Å². The molecule has 1 saturated heterocycles. The number of allylic oxidation sites excluding steroid dienone is 2. The van der Waals surface area contributed by atoms with Crippen molar-refractivity contribution in [2.24, 2.45) is 33.9 Å². The molecule has 0 N–H and O–H groups in total. The van der Waals surface area contributed by atoms with Gasteiger partial charge in [-0.1, -0.05) is 30.4 Å². The van der Waals surface area contributed by atoms with Crippen LogP contribution in [0.25, 0.3) is 0 Å². The molecule has 27 heavy (non-hydrogen) atoms. The minimum Gasteiger partial charge on any atom is -0.274 e. The van der Waals surface area contributed by atoms with Crippen molar-refractivity contribution in [1.82, 2.24) is 0 Å². The van der Waals surface area contributed by atoms with Crippen molar-refractivity contribution >= 4 is 28.9 Å². The van der Waals surface area contributed by atoms with Crippen molar-refractivity contribution in [3.63, 3.8) is 0 Å². The van der Waals surface area contributed by atoms with Crippen molar-refractivity contribution in [2.45, 2.75) is 12.8 Å². The fraction of sp³-hybridized carbons (Fsp3) is 0.273. The van der Waals surface area contributed by atoms with Gasteiger partial charge in [-0.2, -0.15) is 10.2 Å². The van der Waals surface area contributed by atoms with E-state index in [-0.39, 0.29) is 35.5 Å². The third-order valence-corrected chi connectivity index (χ3v) is 5.90. The summed E-state index contributed by atoms with van der Waals surface area (Å²) in [6.45, 7) is 0. The topological polar surface area (TPSA) is 62.1 Å². The maximum atomic E-state index is 13.0. The van der Waals surface area contributed by atoms with Crippen LogP contribution < -0.4 is 4.90 Å². The Morgan fingerprint density at radius 3 is 1.74 bits per heavy atom. The van der Waals surface area contributed by atoms with Crippen molar-refractivity contribution in [1.29, 1.82) is 0 Å². The molecule has 1 aliphatic heterocycles. The van der Waals surface area contributed by atoms with Crippen molar-refractivity contribution in [3.05, 3.63) is 66.7 Å². The van der Waals surface area contributed by atoms with Gasteiger partial charge in [-0.25, -0.2) is 0 Å². The number of anilines is 1. The molecule has 134 valence electrons. The summed E-state index contributed by atoms with van der Waals surface area (Å²) in [7, 11) is 0. The fourth-order valence-corrected chi connectivity index (χ4v) is 4.61. The third-order valence-electron chi connectivity index (χ3n) is 5.90. The molecule has 6 rings (SSSR count). The van der Waals surface area contributed by atoms with E-state index in [1.54, 1.807) is 24.3 Å². The maximum absolute atomic E-state index is 13.0. The van der Waals surface area contributed by atoms with E-state index in [0.717, 1.165) is 18.5 Å². The standard InChI is InChI=1S/C22H19N3O2/c26-21-19-14-6-7-15(9-8-14)20(19)22(27)25(21)18-12-10-17(11-13-18)24-23-16-4-2-1-3-5-16/h1-7,10-15,19-20H,8-9H2/t14-,15-,19-,20-/m0/s1. The van der Waals surface area contributed by atoms with Crippen LogP contribution in [0.15, 0.2) is 77.0 Å². The van der Waals surface area contributed by atoms with E-state index in [0.29, 0.717) is 11.4 Å². The number of carbonyl (C=O) groups is 2. The van der Waals surface area contributed by atoms with Gasteiger partial charge in [0.25, 0.3) is 0 Å². The molecule has 2 amide bonds. The van der Waals surface area contributed by atoms with Gasteiger partial charge in [-0.05, 0) is 61.1 Å². The average molecular weight is 357 g/mol. The summed E-state index contributed by atoms with van der Waals surface area (Å²) in [4.78, 5) is 27.3. The van der Waals surface area contributed by atoms with Crippen LogP contribution in [-0.2, 0) is 9.59 Å². The molecule has 1 heterocycles. The SMILES string of the molecule is O=C1[C@@H]2[C@@H](C(=O)N1c1ccc(N=Nc3ccccc3)cc1)[C@H]1C=C[C@H]2CC1. The van der Waals surface area contributed by atoms with Crippen molar-refractivity contribution < 1.29 is 9.59 Å². The Labute approximate surface area is 157 Å². The second-order valence-electron chi connectivity index (χ2n) is 7.41. The lowest BCUT2D eigenvalue weighted by Gasteiger charge is -2.38. The first-order chi connectivity index (χ1) is 13.2. The number of nitrogens with zero attached hydrogens (tertiary/aromatic N) is 3. The number of carbonyl (C=O) groups excluding carboxylic acids is 2. The largest absolute Gasteiger partial charge is 0.274 e. The van der Waals surface area contributed by atoms with Crippen LogP contribution >= 0.6 is 0 Å². The predicted octanol–water partition coefficient (Wildman–Crippen LogP) is 4.80. The Hall–Kier alpha value is -3.08. The van der Waals surface area contributed by atoms with E-state index in [1.165, 1.54) is 4.90 Å². The number of imide groups is 1. The minimum atomic E-state index is -0.182. The zero-order valence-corrected chi connectivity index (χ0v) is 14.7. The molecule has 0 aromatic heterocycles. The van der Waals surface area contributed by atoms with Crippen molar-refractivity contribution in [2.75, 3.05) is 4.90 Å². The first-order valence-corrected chi connectivity index (χ1v) is 9.35. The molecule has 0 unspecified atom stereocenters. The Morgan fingerprint density at radius 2 is 1.22 bits per heavy atom. The smallest absolute Gasteiger partial charge is 0.238 e. The van der Waals surface area contributed by atoms with Crippen molar-refractivity contribution in [3.8, 4) is 0 Å². The molecule has 1 saturated carbocycles. The number of amides is 2. The summed E-state index contributed by atoms with van der Waals surface area (Å²) in [6, 6.07) is 16.6. The van der Waals surface area contributed by atoms with Crippen LogP contribution in [0, 0.1) is 23.7 Å². The first kappa shape index (κ1) is 16.1. The molecule has 3 aliphatic carbocycles. The lowest BCUT2D eigenvalue weighted by Crippen LogP contribution is -2.38. The monoisotopic (exact) mass is 357 g/mol. The fourth-order valence-electron chi connectivity index (χ4n) is 4.61. The van der Waals surface area contributed by atoms with Gasteiger partial charge in [-0.15, -0.1) is 0 Å².